The minimum Gasteiger partial charge on any atom is -0.494 e. The Bertz CT molecular complexity index is 1590. The van der Waals surface area contributed by atoms with E-state index in [1.807, 2.05) is 29.2 Å². The van der Waals surface area contributed by atoms with E-state index in [4.69, 9.17) is 28.4 Å². The fourth-order valence-electron chi connectivity index (χ4n) is 9.52. The highest BCUT2D eigenvalue weighted by Crippen LogP contribution is 2.39. The van der Waals surface area contributed by atoms with Crippen LogP contribution in [0.15, 0.2) is 48.5 Å². The Morgan fingerprint density at radius 3 is 1.31 bits per heavy atom. The highest BCUT2D eigenvalue weighted by Gasteiger charge is 2.45. The first-order chi connectivity index (χ1) is 29.9. The molecule has 6 saturated heterocycles. The molecule has 0 aliphatic carbocycles. The number of carbonyl (C=O) groups is 2. The summed E-state index contributed by atoms with van der Waals surface area (Å²) in [5, 5.41) is 3.33. The van der Waals surface area contributed by atoms with Gasteiger partial charge in [0.2, 0.25) is 11.8 Å². The third-order valence-electron chi connectivity index (χ3n) is 13.5. The van der Waals surface area contributed by atoms with Crippen molar-refractivity contribution in [2.45, 2.75) is 49.4 Å². The summed E-state index contributed by atoms with van der Waals surface area (Å²) in [6.45, 7) is 20.3. The molecule has 6 aliphatic heterocycles. The lowest BCUT2D eigenvalue weighted by atomic mass is 9.73. The van der Waals surface area contributed by atoms with Gasteiger partial charge in [-0.2, -0.15) is 0 Å². The Morgan fingerprint density at radius 2 is 0.902 bits per heavy atom. The summed E-state index contributed by atoms with van der Waals surface area (Å²) in [5.41, 5.74) is 1.25. The van der Waals surface area contributed by atoms with Gasteiger partial charge >= 0.3 is 0 Å². The number of hydrogen-bond donors (Lipinski definition) is 1. The molecule has 6 heterocycles. The van der Waals surface area contributed by atoms with Crippen molar-refractivity contribution in [3.63, 3.8) is 0 Å². The number of piperazine rings is 2. The zero-order valence-corrected chi connectivity index (χ0v) is 36.8. The third-order valence-corrected chi connectivity index (χ3v) is 13.5. The molecule has 2 aromatic carbocycles. The lowest BCUT2D eigenvalue weighted by molar-refractivity contribution is -0.143. The van der Waals surface area contributed by atoms with Crippen molar-refractivity contribution in [3.05, 3.63) is 59.7 Å². The van der Waals surface area contributed by atoms with E-state index in [2.05, 4.69) is 56.2 Å². The molecule has 14 nitrogen and oxygen atoms in total. The summed E-state index contributed by atoms with van der Waals surface area (Å²) in [6, 6.07) is 16.5. The zero-order valence-electron chi connectivity index (χ0n) is 36.8. The number of likely N-dealkylation sites (N-methyl/N-ethyl adjacent to an activating group) is 1. The Morgan fingerprint density at radius 1 is 0.525 bits per heavy atom. The molecule has 6 aliphatic rings. The van der Waals surface area contributed by atoms with Crippen LogP contribution in [-0.2, 0) is 39.4 Å². The number of morpholine rings is 2. The maximum Gasteiger partial charge on any atom is 0.233 e. The van der Waals surface area contributed by atoms with E-state index in [1.54, 1.807) is 0 Å². The second-order valence-electron chi connectivity index (χ2n) is 17.4. The van der Waals surface area contributed by atoms with Crippen molar-refractivity contribution in [1.29, 1.82) is 0 Å². The number of amides is 2. The molecule has 1 N–H and O–H groups in total. The van der Waals surface area contributed by atoms with Crippen molar-refractivity contribution < 1.29 is 38.0 Å². The largest absolute Gasteiger partial charge is 0.494 e. The van der Waals surface area contributed by atoms with Gasteiger partial charge in [0.15, 0.2) is 0 Å². The minimum atomic E-state index is -0.469. The molecule has 2 aromatic rings. The second-order valence-corrected chi connectivity index (χ2v) is 17.4. The van der Waals surface area contributed by atoms with Crippen LogP contribution in [0.5, 0.6) is 11.5 Å². The molecule has 0 bridgehead atoms. The standard InChI is InChI=1S/C24H37N3O4.C23H35N3O4/c1-25-10-12-27(13-11-25)23(28)24(7-17-29-18-8-24)21-3-5-22(6-4-21)31-16-2-9-26-14-19-30-20-15-26;27-22(26-11-8-24-9-12-26)23(6-16-28-17-7-23)20-2-4-21(5-3-20)30-15-1-10-25-13-18-29-19-14-25/h3-6H,2,7-20H2,1H3;2-5,24H,1,6-19H2. The topological polar surface area (TPSA) is 118 Å². The summed E-state index contributed by atoms with van der Waals surface area (Å²) in [5.74, 6) is 2.27. The molecule has 0 saturated carbocycles. The Labute approximate surface area is 364 Å². The molecule has 0 spiro atoms. The van der Waals surface area contributed by atoms with Crippen LogP contribution in [0.4, 0.5) is 0 Å². The average molecular weight is 849 g/mol. The predicted molar refractivity (Wildman–Crippen MR) is 235 cm³/mol. The highest BCUT2D eigenvalue weighted by atomic mass is 16.5. The molecule has 338 valence electrons. The van der Waals surface area contributed by atoms with Crippen molar-refractivity contribution >= 4 is 11.8 Å². The summed E-state index contributed by atoms with van der Waals surface area (Å²) in [4.78, 5) is 38.4. The van der Waals surface area contributed by atoms with Gasteiger partial charge in [-0.1, -0.05) is 24.3 Å². The van der Waals surface area contributed by atoms with E-state index < -0.39 is 10.8 Å². The maximum absolute atomic E-state index is 13.6. The van der Waals surface area contributed by atoms with Crippen LogP contribution in [0.1, 0.15) is 49.7 Å². The molecule has 14 heteroatoms. The average Bonchev–Trinajstić information content (AvgIpc) is 3.33. The number of nitrogens with one attached hydrogen (secondary N) is 1. The first kappa shape index (κ1) is 45.7. The van der Waals surface area contributed by atoms with Gasteiger partial charge < -0.3 is 48.4 Å². The van der Waals surface area contributed by atoms with Gasteiger partial charge in [-0.25, -0.2) is 0 Å². The summed E-state index contributed by atoms with van der Waals surface area (Å²) >= 11 is 0. The molecule has 8 rings (SSSR count). The Hall–Kier alpha value is -3.34. The Kier molecular flexibility index (Phi) is 17.5. The van der Waals surface area contributed by atoms with Crippen molar-refractivity contribution in [3.8, 4) is 11.5 Å². The normalized spacial score (nSPS) is 22.8. The predicted octanol–water partition coefficient (Wildman–Crippen LogP) is 2.88. The summed E-state index contributed by atoms with van der Waals surface area (Å²) < 4.78 is 34.0. The van der Waals surface area contributed by atoms with E-state index in [1.165, 1.54) is 0 Å². The van der Waals surface area contributed by atoms with E-state index in [0.717, 1.165) is 179 Å². The summed E-state index contributed by atoms with van der Waals surface area (Å²) in [6.07, 6.45) is 5.00. The van der Waals surface area contributed by atoms with Gasteiger partial charge in [0.1, 0.15) is 11.5 Å². The van der Waals surface area contributed by atoms with Crippen molar-refractivity contribution in [1.82, 2.24) is 29.8 Å². The smallest absolute Gasteiger partial charge is 0.233 e. The van der Waals surface area contributed by atoms with Crippen LogP contribution in [0, 0.1) is 0 Å². The lowest BCUT2D eigenvalue weighted by Gasteiger charge is -2.42. The molecule has 0 unspecified atom stereocenters. The molecular formula is C47H72N6O8. The van der Waals surface area contributed by atoms with E-state index in [0.29, 0.717) is 39.6 Å². The van der Waals surface area contributed by atoms with Crippen LogP contribution < -0.4 is 14.8 Å². The quantitative estimate of drug-likeness (QED) is 0.282. The van der Waals surface area contributed by atoms with Crippen LogP contribution in [0.2, 0.25) is 0 Å². The highest BCUT2D eigenvalue weighted by molar-refractivity contribution is 5.89. The van der Waals surface area contributed by atoms with Crippen molar-refractivity contribution in [2.75, 3.05) is 165 Å². The van der Waals surface area contributed by atoms with Gasteiger partial charge in [-0.3, -0.25) is 19.4 Å². The molecule has 0 aromatic heterocycles. The van der Waals surface area contributed by atoms with Crippen LogP contribution in [0.3, 0.4) is 0 Å². The maximum atomic E-state index is 13.6. The number of ether oxygens (including phenoxy) is 6. The number of benzene rings is 2. The zero-order chi connectivity index (χ0) is 42.2. The first-order valence-electron chi connectivity index (χ1n) is 23.2. The lowest BCUT2D eigenvalue weighted by Crippen LogP contribution is -2.55. The number of nitrogens with zero attached hydrogens (tertiary/aromatic N) is 5. The minimum absolute atomic E-state index is 0.256. The van der Waals surface area contributed by atoms with E-state index in [9.17, 15) is 9.59 Å². The second kappa shape index (κ2) is 23.4. The van der Waals surface area contributed by atoms with E-state index in [-0.39, 0.29) is 11.8 Å². The molecule has 0 atom stereocenters. The molecular weight excluding hydrogens is 777 g/mol. The fraction of sp³-hybridized carbons (Fsp3) is 0.702. The van der Waals surface area contributed by atoms with Gasteiger partial charge in [0, 0.05) is 118 Å². The molecule has 61 heavy (non-hydrogen) atoms. The van der Waals surface area contributed by atoms with Crippen LogP contribution >= 0.6 is 0 Å². The fourth-order valence-corrected chi connectivity index (χ4v) is 9.52. The number of carbonyl (C=O) groups excluding carboxylic acids is 2. The Balaban J connectivity index is 0.000000184. The van der Waals surface area contributed by atoms with Gasteiger partial charge in [-0.05, 0) is 81.0 Å². The monoisotopic (exact) mass is 849 g/mol. The summed E-state index contributed by atoms with van der Waals surface area (Å²) in [7, 11) is 2.12. The first-order valence-corrected chi connectivity index (χ1v) is 23.2. The van der Waals surface area contributed by atoms with Gasteiger partial charge in [0.05, 0.1) is 50.5 Å². The van der Waals surface area contributed by atoms with Crippen molar-refractivity contribution in [2.24, 2.45) is 0 Å². The number of rotatable bonds is 14. The van der Waals surface area contributed by atoms with Crippen LogP contribution in [0.25, 0.3) is 0 Å². The number of hydrogen-bond acceptors (Lipinski definition) is 12. The van der Waals surface area contributed by atoms with Gasteiger partial charge in [-0.15, -0.1) is 0 Å². The molecule has 6 fully saturated rings. The molecule has 2 amide bonds. The van der Waals surface area contributed by atoms with E-state index >= 15 is 0 Å². The third kappa shape index (κ3) is 12.4. The van der Waals surface area contributed by atoms with Gasteiger partial charge in [0.25, 0.3) is 0 Å². The van der Waals surface area contributed by atoms with Crippen LogP contribution in [-0.4, -0.2) is 201 Å². The molecule has 0 radical (unpaired) electrons. The SMILES string of the molecule is CN1CCN(C(=O)C2(c3ccc(OCCCN4CCOCC4)cc3)CCOCC2)CC1.O=C(N1CCNCC1)C1(c2ccc(OCCCN3CCOCC3)cc2)CCOCC1.